The molecule has 1 aliphatic rings. The van der Waals surface area contributed by atoms with E-state index in [2.05, 4.69) is 0 Å². The van der Waals surface area contributed by atoms with E-state index in [9.17, 15) is 9.59 Å². The van der Waals surface area contributed by atoms with Gasteiger partial charge in [-0.1, -0.05) is 61.4 Å². The van der Waals surface area contributed by atoms with Gasteiger partial charge in [0.2, 0.25) is 5.91 Å². The summed E-state index contributed by atoms with van der Waals surface area (Å²) < 4.78 is 0. The van der Waals surface area contributed by atoms with Crippen molar-refractivity contribution in [3.8, 4) is 0 Å². The van der Waals surface area contributed by atoms with Crippen LogP contribution < -0.4 is 5.73 Å². The summed E-state index contributed by atoms with van der Waals surface area (Å²) in [6.45, 7) is 0. The molecule has 126 valence electrons. The molecule has 1 unspecified atom stereocenters. The zero-order chi connectivity index (χ0) is 17.0. The number of hydrogen-bond acceptors (Lipinski definition) is 2. The van der Waals surface area contributed by atoms with E-state index in [4.69, 9.17) is 28.9 Å². The lowest BCUT2D eigenvalue weighted by atomic mass is 9.80. The lowest BCUT2D eigenvalue weighted by Crippen LogP contribution is -2.40. The average molecular weight is 357 g/mol. The Morgan fingerprint density at radius 3 is 2.43 bits per heavy atom. The minimum absolute atomic E-state index is 0.290. The molecule has 1 aromatic rings. The molecule has 0 aromatic heterocycles. The second-order valence-corrected chi connectivity index (χ2v) is 7.02. The van der Waals surface area contributed by atoms with Crippen molar-refractivity contribution in [2.75, 3.05) is 7.05 Å². The first-order chi connectivity index (χ1) is 10.9. The molecule has 0 bridgehead atoms. The highest BCUT2D eigenvalue weighted by Gasteiger charge is 2.30. The number of benzene rings is 1. The highest BCUT2D eigenvalue weighted by molar-refractivity contribution is 6.42. The van der Waals surface area contributed by atoms with Crippen LogP contribution in [0, 0.1) is 5.92 Å². The van der Waals surface area contributed by atoms with Crippen molar-refractivity contribution < 1.29 is 9.59 Å². The summed E-state index contributed by atoms with van der Waals surface area (Å²) in [5.41, 5.74) is 6.04. The zero-order valence-corrected chi connectivity index (χ0v) is 14.7. The maximum absolute atomic E-state index is 12.7. The highest BCUT2D eigenvalue weighted by atomic mass is 35.5. The molecule has 1 aliphatic carbocycles. The molecule has 1 atom stereocenters. The van der Waals surface area contributed by atoms with E-state index in [1.165, 1.54) is 26.3 Å². The number of carbonyl (C=O) groups excluding carboxylic acids is 2. The van der Waals surface area contributed by atoms with Gasteiger partial charge in [0.25, 0.3) is 0 Å². The van der Waals surface area contributed by atoms with E-state index in [1.807, 2.05) is 0 Å². The fraction of sp³-hybridized carbons (Fsp3) is 0.529. The molecular weight excluding hydrogens is 335 g/mol. The summed E-state index contributed by atoms with van der Waals surface area (Å²) >= 11 is 12.1. The van der Waals surface area contributed by atoms with E-state index in [1.54, 1.807) is 18.2 Å². The topological polar surface area (TPSA) is 63.4 Å². The lowest BCUT2D eigenvalue weighted by Gasteiger charge is -2.28. The Balaban J connectivity index is 2.27. The summed E-state index contributed by atoms with van der Waals surface area (Å²) in [6, 6.07) is 4.45. The van der Waals surface area contributed by atoms with Crippen molar-refractivity contribution in [2.45, 2.75) is 44.4 Å². The first-order valence-electron chi connectivity index (χ1n) is 7.92. The standard InChI is InChI=1S/C17H22Cl2N2O2/c1-21(17(20)23)16(22)13(9-11-5-3-2-4-6-11)12-7-8-14(18)15(19)10-12/h7-8,10-11,13H,2-6,9H2,1H3,(H2,20,23). The quantitative estimate of drug-likeness (QED) is 0.857. The maximum atomic E-state index is 12.7. The van der Waals surface area contributed by atoms with E-state index in [0.29, 0.717) is 22.4 Å². The number of nitrogens with zero attached hydrogens (tertiary/aromatic N) is 1. The van der Waals surface area contributed by atoms with Gasteiger partial charge >= 0.3 is 6.03 Å². The van der Waals surface area contributed by atoms with Crippen LogP contribution in [0.4, 0.5) is 4.79 Å². The van der Waals surface area contributed by atoms with Crippen LogP contribution in [0.3, 0.4) is 0 Å². The van der Waals surface area contributed by atoms with Crippen LogP contribution >= 0.6 is 23.2 Å². The number of halogens is 2. The number of carbonyl (C=O) groups is 2. The molecule has 1 saturated carbocycles. The predicted octanol–water partition coefficient (Wildman–Crippen LogP) is 4.58. The smallest absolute Gasteiger partial charge is 0.321 e. The van der Waals surface area contributed by atoms with Gasteiger partial charge in [0.15, 0.2) is 0 Å². The number of hydrogen-bond donors (Lipinski definition) is 1. The van der Waals surface area contributed by atoms with Gasteiger partial charge in [0, 0.05) is 7.05 Å². The summed E-state index contributed by atoms with van der Waals surface area (Å²) in [5.74, 6) is -0.236. The summed E-state index contributed by atoms with van der Waals surface area (Å²) in [6.07, 6.45) is 6.57. The fourth-order valence-corrected chi connectivity index (χ4v) is 3.51. The third-order valence-electron chi connectivity index (χ3n) is 4.60. The van der Waals surface area contributed by atoms with Gasteiger partial charge in [-0.25, -0.2) is 4.79 Å². The monoisotopic (exact) mass is 356 g/mol. The van der Waals surface area contributed by atoms with Crippen molar-refractivity contribution in [2.24, 2.45) is 11.7 Å². The summed E-state index contributed by atoms with van der Waals surface area (Å²) in [5, 5.41) is 0.856. The average Bonchev–Trinajstić information content (AvgIpc) is 2.55. The van der Waals surface area contributed by atoms with Crippen molar-refractivity contribution in [3.05, 3.63) is 33.8 Å². The van der Waals surface area contributed by atoms with Crippen molar-refractivity contribution in [1.29, 1.82) is 0 Å². The molecule has 1 fully saturated rings. The molecule has 0 spiro atoms. The van der Waals surface area contributed by atoms with Crippen molar-refractivity contribution >= 4 is 35.1 Å². The molecule has 2 rings (SSSR count). The van der Waals surface area contributed by atoms with E-state index >= 15 is 0 Å². The SMILES string of the molecule is CN(C(N)=O)C(=O)C(CC1CCCCC1)c1ccc(Cl)c(Cl)c1. The minimum atomic E-state index is -0.747. The summed E-state index contributed by atoms with van der Waals surface area (Å²) in [7, 11) is 1.41. The third-order valence-corrected chi connectivity index (χ3v) is 5.34. The number of likely N-dealkylation sites (N-methyl/N-ethyl adjacent to an activating group) is 1. The molecule has 0 aliphatic heterocycles. The molecule has 23 heavy (non-hydrogen) atoms. The van der Waals surface area contributed by atoms with Gasteiger partial charge in [-0.05, 0) is 30.0 Å². The highest BCUT2D eigenvalue weighted by Crippen LogP contribution is 2.36. The molecule has 4 nitrogen and oxygen atoms in total. The van der Waals surface area contributed by atoms with E-state index in [0.717, 1.165) is 23.3 Å². The molecule has 0 radical (unpaired) electrons. The van der Waals surface area contributed by atoms with Crippen LogP contribution in [-0.2, 0) is 4.79 Å². The molecular formula is C17H22Cl2N2O2. The second kappa shape index (κ2) is 8.02. The van der Waals surface area contributed by atoms with Crippen LogP contribution in [0.15, 0.2) is 18.2 Å². The fourth-order valence-electron chi connectivity index (χ4n) is 3.21. The van der Waals surface area contributed by atoms with Crippen molar-refractivity contribution in [3.63, 3.8) is 0 Å². The number of rotatable bonds is 4. The predicted molar refractivity (Wildman–Crippen MR) is 92.7 cm³/mol. The van der Waals surface area contributed by atoms with Crippen LogP contribution in [0.5, 0.6) is 0 Å². The van der Waals surface area contributed by atoms with Gasteiger partial charge in [-0.3, -0.25) is 9.69 Å². The number of urea groups is 1. The van der Waals surface area contributed by atoms with E-state index < -0.39 is 11.9 Å². The van der Waals surface area contributed by atoms with Crippen molar-refractivity contribution in [1.82, 2.24) is 4.90 Å². The second-order valence-electron chi connectivity index (χ2n) is 6.20. The van der Waals surface area contributed by atoms with Gasteiger partial charge in [0.1, 0.15) is 0 Å². The molecule has 0 saturated heterocycles. The Bertz CT molecular complexity index is 586. The maximum Gasteiger partial charge on any atom is 0.321 e. The number of nitrogens with two attached hydrogens (primary N) is 1. The van der Waals surface area contributed by atoms with Crippen LogP contribution in [0.2, 0.25) is 10.0 Å². The summed E-state index contributed by atoms with van der Waals surface area (Å²) in [4.78, 5) is 25.1. The van der Waals surface area contributed by atoms with Crippen LogP contribution in [0.1, 0.15) is 50.0 Å². The van der Waals surface area contributed by atoms with Gasteiger partial charge in [0.05, 0.1) is 16.0 Å². The zero-order valence-electron chi connectivity index (χ0n) is 13.2. The van der Waals surface area contributed by atoms with Gasteiger partial charge in [-0.2, -0.15) is 0 Å². The van der Waals surface area contributed by atoms with Gasteiger partial charge < -0.3 is 5.73 Å². The first kappa shape index (κ1) is 18.1. The number of amides is 3. The molecule has 3 amide bonds. The Morgan fingerprint density at radius 2 is 1.87 bits per heavy atom. The lowest BCUT2D eigenvalue weighted by molar-refractivity contribution is -0.129. The molecule has 6 heteroatoms. The molecule has 2 N–H and O–H groups in total. The van der Waals surface area contributed by atoms with Crippen LogP contribution in [0.25, 0.3) is 0 Å². The Morgan fingerprint density at radius 1 is 1.22 bits per heavy atom. The Labute approximate surface area is 146 Å². The molecule has 0 heterocycles. The third kappa shape index (κ3) is 4.61. The van der Waals surface area contributed by atoms with E-state index in [-0.39, 0.29) is 5.91 Å². The number of imide groups is 1. The minimum Gasteiger partial charge on any atom is -0.351 e. The normalized spacial score (nSPS) is 16.8. The largest absolute Gasteiger partial charge is 0.351 e. The molecule has 1 aromatic carbocycles. The number of primary amides is 1. The Kier molecular flexibility index (Phi) is 6.31. The van der Waals surface area contributed by atoms with Crippen LogP contribution in [-0.4, -0.2) is 23.9 Å². The Hall–Kier alpha value is -1.26. The van der Waals surface area contributed by atoms with Gasteiger partial charge in [-0.15, -0.1) is 0 Å². The first-order valence-corrected chi connectivity index (χ1v) is 8.67.